The van der Waals surface area contributed by atoms with E-state index in [1.54, 1.807) is 7.11 Å². The van der Waals surface area contributed by atoms with Gasteiger partial charge in [0.15, 0.2) is 5.82 Å². The average molecular weight is 326 g/mol. The Morgan fingerprint density at radius 2 is 1.79 bits per heavy atom. The smallest absolute Gasteiger partial charge is 0.161 e. The van der Waals surface area contributed by atoms with Crippen LogP contribution in [-0.4, -0.2) is 36.7 Å². The van der Waals surface area contributed by atoms with Crippen molar-refractivity contribution in [3.63, 3.8) is 0 Å². The highest BCUT2D eigenvalue weighted by Gasteiger charge is 2.22. The predicted octanol–water partition coefficient (Wildman–Crippen LogP) is 2.94. The summed E-state index contributed by atoms with van der Waals surface area (Å²) < 4.78 is 5.23. The number of benzene rings is 1. The predicted molar refractivity (Wildman–Crippen MR) is 97.5 cm³/mol. The number of hydrogen-bond acceptors (Lipinski definition) is 5. The second-order valence-electron chi connectivity index (χ2n) is 6.48. The van der Waals surface area contributed by atoms with E-state index in [0.29, 0.717) is 5.92 Å². The van der Waals surface area contributed by atoms with Gasteiger partial charge in [0.1, 0.15) is 11.6 Å². The highest BCUT2D eigenvalue weighted by molar-refractivity contribution is 5.61. The standard InChI is InChI=1S/C19H26N4O/c1-13-14(2)21-18(16-4-6-17(24-3)7-5-16)22-19(13)23-10-8-15(12-20)9-11-23/h4-7,15H,8-12,20H2,1-3H3. The number of methoxy groups -OCH3 is 1. The third-order valence-electron chi connectivity index (χ3n) is 4.96. The number of aromatic nitrogens is 2. The Kier molecular flexibility index (Phi) is 5.00. The average Bonchev–Trinajstić information content (AvgIpc) is 2.64. The molecule has 1 aromatic carbocycles. The molecule has 0 spiro atoms. The second-order valence-corrected chi connectivity index (χ2v) is 6.48. The summed E-state index contributed by atoms with van der Waals surface area (Å²) in [6, 6.07) is 7.90. The van der Waals surface area contributed by atoms with Crippen LogP contribution in [0.25, 0.3) is 11.4 Å². The van der Waals surface area contributed by atoms with Crippen LogP contribution in [0.5, 0.6) is 5.75 Å². The van der Waals surface area contributed by atoms with E-state index in [-0.39, 0.29) is 0 Å². The molecule has 128 valence electrons. The lowest BCUT2D eigenvalue weighted by Crippen LogP contribution is -2.37. The first-order valence-electron chi connectivity index (χ1n) is 8.57. The Bertz CT molecular complexity index is 691. The van der Waals surface area contributed by atoms with Gasteiger partial charge in [0.25, 0.3) is 0 Å². The van der Waals surface area contributed by atoms with E-state index in [2.05, 4.69) is 23.7 Å². The molecule has 2 heterocycles. The minimum Gasteiger partial charge on any atom is -0.497 e. The molecule has 1 aromatic heterocycles. The summed E-state index contributed by atoms with van der Waals surface area (Å²) in [5.74, 6) is 3.32. The lowest BCUT2D eigenvalue weighted by molar-refractivity contribution is 0.412. The van der Waals surface area contributed by atoms with Gasteiger partial charge >= 0.3 is 0 Å². The quantitative estimate of drug-likeness (QED) is 0.936. The van der Waals surface area contributed by atoms with Gasteiger partial charge in [-0.15, -0.1) is 0 Å². The van der Waals surface area contributed by atoms with Crippen molar-refractivity contribution in [2.75, 3.05) is 31.6 Å². The van der Waals surface area contributed by atoms with Crippen LogP contribution >= 0.6 is 0 Å². The molecule has 24 heavy (non-hydrogen) atoms. The summed E-state index contributed by atoms with van der Waals surface area (Å²) in [4.78, 5) is 11.9. The molecule has 0 unspecified atom stereocenters. The first kappa shape index (κ1) is 16.7. The maximum absolute atomic E-state index is 5.81. The van der Waals surface area contributed by atoms with Crippen LogP contribution in [0.4, 0.5) is 5.82 Å². The van der Waals surface area contributed by atoms with E-state index in [1.165, 1.54) is 5.56 Å². The lowest BCUT2D eigenvalue weighted by atomic mass is 9.97. The van der Waals surface area contributed by atoms with Gasteiger partial charge < -0.3 is 15.4 Å². The lowest BCUT2D eigenvalue weighted by Gasteiger charge is -2.33. The summed E-state index contributed by atoms with van der Waals surface area (Å²) in [5.41, 5.74) is 9.02. The summed E-state index contributed by atoms with van der Waals surface area (Å²) >= 11 is 0. The van der Waals surface area contributed by atoms with E-state index in [0.717, 1.165) is 61.1 Å². The maximum Gasteiger partial charge on any atom is 0.161 e. The van der Waals surface area contributed by atoms with Crippen LogP contribution in [0.15, 0.2) is 24.3 Å². The molecule has 0 radical (unpaired) electrons. The molecule has 1 fully saturated rings. The van der Waals surface area contributed by atoms with Crippen molar-refractivity contribution in [1.29, 1.82) is 0 Å². The fraction of sp³-hybridized carbons (Fsp3) is 0.474. The van der Waals surface area contributed by atoms with Gasteiger partial charge in [-0.2, -0.15) is 0 Å². The third-order valence-corrected chi connectivity index (χ3v) is 4.96. The molecule has 1 saturated heterocycles. The highest BCUT2D eigenvalue weighted by atomic mass is 16.5. The SMILES string of the molecule is COc1ccc(-c2nc(C)c(C)c(N3CCC(CN)CC3)n2)cc1. The maximum atomic E-state index is 5.81. The van der Waals surface area contributed by atoms with Crippen LogP contribution in [0.2, 0.25) is 0 Å². The first-order valence-corrected chi connectivity index (χ1v) is 8.57. The fourth-order valence-corrected chi connectivity index (χ4v) is 3.17. The molecule has 0 amide bonds. The third kappa shape index (κ3) is 3.36. The summed E-state index contributed by atoms with van der Waals surface area (Å²) in [6.07, 6.45) is 2.27. The molecule has 0 atom stereocenters. The van der Waals surface area contributed by atoms with Crippen LogP contribution in [-0.2, 0) is 0 Å². The van der Waals surface area contributed by atoms with Gasteiger partial charge in [0, 0.05) is 29.9 Å². The van der Waals surface area contributed by atoms with Gasteiger partial charge in [-0.25, -0.2) is 9.97 Å². The molecular weight excluding hydrogens is 300 g/mol. The van der Waals surface area contributed by atoms with Crippen LogP contribution < -0.4 is 15.4 Å². The van der Waals surface area contributed by atoms with Gasteiger partial charge in [0.05, 0.1) is 7.11 Å². The number of nitrogens with zero attached hydrogens (tertiary/aromatic N) is 3. The number of aryl methyl sites for hydroxylation is 1. The normalized spacial score (nSPS) is 15.6. The van der Waals surface area contributed by atoms with Crippen molar-refractivity contribution in [3.05, 3.63) is 35.5 Å². The van der Waals surface area contributed by atoms with E-state index in [1.807, 2.05) is 24.3 Å². The monoisotopic (exact) mass is 326 g/mol. The zero-order valence-electron chi connectivity index (χ0n) is 14.7. The van der Waals surface area contributed by atoms with Gasteiger partial charge in [-0.1, -0.05) is 0 Å². The topological polar surface area (TPSA) is 64.3 Å². The van der Waals surface area contributed by atoms with E-state index < -0.39 is 0 Å². The Morgan fingerprint density at radius 3 is 2.38 bits per heavy atom. The van der Waals surface area contributed by atoms with Crippen LogP contribution in [0.3, 0.4) is 0 Å². The van der Waals surface area contributed by atoms with Gasteiger partial charge in [-0.05, 0) is 63.4 Å². The van der Waals surface area contributed by atoms with Crippen molar-refractivity contribution in [1.82, 2.24) is 9.97 Å². The highest BCUT2D eigenvalue weighted by Crippen LogP contribution is 2.28. The largest absolute Gasteiger partial charge is 0.497 e. The second kappa shape index (κ2) is 7.18. The number of ether oxygens (including phenoxy) is 1. The van der Waals surface area contributed by atoms with Gasteiger partial charge in [0.2, 0.25) is 0 Å². The molecule has 3 rings (SSSR count). The zero-order chi connectivity index (χ0) is 17.1. The summed E-state index contributed by atoms with van der Waals surface area (Å²) in [6.45, 7) is 6.98. The number of nitrogens with two attached hydrogens (primary N) is 1. The minimum atomic E-state index is 0.644. The number of hydrogen-bond donors (Lipinski definition) is 1. The summed E-state index contributed by atoms with van der Waals surface area (Å²) in [5, 5.41) is 0. The molecule has 1 aliphatic rings. The summed E-state index contributed by atoms with van der Waals surface area (Å²) in [7, 11) is 1.67. The van der Waals surface area contributed by atoms with Gasteiger partial charge in [-0.3, -0.25) is 0 Å². The molecular formula is C19H26N4O. The first-order chi connectivity index (χ1) is 11.6. The van der Waals surface area contributed by atoms with Crippen molar-refractivity contribution in [2.45, 2.75) is 26.7 Å². The Hall–Kier alpha value is -2.14. The molecule has 0 saturated carbocycles. The van der Waals surface area contributed by atoms with Crippen molar-refractivity contribution in [2.24, 2.45) is 11.7 Å². The van der Waals surface area contributed by atoms with Crippen molar-refractivity contribution in [3.8, 4) is 17.1 Å². The Labute approximate surface area is 143 Å². The molecule has 1 aliphatic heterocycles. The van der Waals surface area contributed by atoms with E-state index >= 15 is 0 Å². The van der Waals surface area contributed by atoms with Crippen LogP contribution in [0, 0.1) is 19.8 Å². The zero-order valence-corrected chi connectivity index (χ0v) is 14.7. The van der Waals surface area contributed by atoms with Crippen molar-refractivity contribution < 1.29 is 4.74 Å². The number of rotatable bonds is 4. The van der Waals surface area contributed by atoms with Crippen LogP contribution in [0.1, 0.15) is 24.1 Å². The molecule has 2 aromatic rings. The molecule has 2 N–H and O–H groups in total. The number of piperidine rings is 1. The van der Waals surface area contributed by atoms with E-state index in [9.17, 15) is 0 Å². The minimum absolute atomic E-state index is 0.644. The van der Waals surface area contributed by atoms with Crippen molar-refractivity contribution >= 4 is 5.82 Å². The van der Waals surface area contributed by atoms with E-state index in [4.69, 9.17) is 15.5 Å². The Morgan fingerprint density at radius 1 is 1.12 bits per heavy atom. The molecule has 0 aliphatic carbocycles. The molecule has 0 bridgehead atoms. The molecule has 5 heteroatoms. The number of anilines is 1. The fourth-order valence-electron chi connectivity index (χ4n) is 3.17. The molecule has 5 nitrogen and oxygen atoms in total. The Balaban J connectivity index is 1.91.